The second kappa shape index (κ2) is 8.18. The van der Waals surface area contributed by atoms with Crippen LogP contribution in [-0.4, -0.2) is 35.0 Å². The van der Waals surface area contributed by atoms with Crippen LogP contribution in [0.3, 0.4) is 0 Å². The van der Waals surface area contributed by atoms with Crippen LogP contribution >= 0.6 is 11.6 Å². The Morgan fingerprint density at radius 3 is 2.43 bits per heavy atom. The van der Waals surface area contributed by atoms with Gasteiger partial charge in [0.25, 0.3) is 5.91 Å². The van der Waals surface area contributed by atoms with Gasteiger partial charge in [-0.25, -0.2) is 0 Å². The first-order valence-corrected chi connectivity index (χ1v) is 8.33. The van der Waals surface area contributed by atoms with Gasteiger partial charge in [0.1, 0.15) is 5.69 Å². The molecule has 2 rings (SSSR count). The number of rotatable bonds is 7. The summed E-state index contributed by atoms with van der Waals surface area (Å²) in [5.74, 6) is -0.104. The molecule has 0 bridgehead atoms. The fourth-order valence-electron chi connectivity index (χ4n) is 2.83. The van der Waals surface area contributed by atoms with E-state index in [1.54, 1.807) is 16.8 Å². The first-order valence-electron chi connectivity index (χ1n) is 7.95. The number of halogens is 1. The summed E-state index contributed by atoms with van der Waals surface area (Å²) in [4.78, 5) is 14.7. The molecule has 1 amide bonds. The molecule has 0 fully saturated rings. The van der Waals surface area contributed by atoms with Crippen LogP contribution in [0.4, 0.5) is 0 Å². The highest BCUT2D eigenvalue weighted by Crippen LogP contribution is 2.20. The lowest BCUT2D eigenvalue weighted by Gasteiger charge is -2.30. The van der Waals surface area contributed by atoms with E-state index < -0.39 is 0 Å². The smallest absolute Gasteiger partial charge is 0.268 e. The van der Waals surface area contributed by atoms with Gasteiger partial charge in [-0.1, -0.05) is 55.8 Å². The van der Waals surface area contributed by atoms with Gasteiger partial charge in [-0.05, 0) is 24.7 Å². The Labute approximate surface area is 143 Å². The summed E-state index contributed by atoms with van der Waals surface area (Å²) in [5, 5.41) is 3.61. The van der Waals surface area contributed by atoms with E-state index in [4.69, 9.17) is 11.6 Å². The number of likely N-dealkylation sites (N-methyl/N-ethyl adjacent to an activating group) is 1. The van der Waals surface area contributed by atoms with E-state index in [0.29, 0.717) is 17.3 Å². The molecule has 0 radical (unpaired) electrons. The molecular weight excluding hydrogens is 310 g/mol. The Morgan fingerprint density at radius 1 is 1.26 bits per heavy atom. The van der Waals surface area contributed by atoms with Gasteiger partial charge in [0.2, 0.25) is 0 Å². The maximum Gasteiger partial charge on any atom is 0.268 e. The van der Waals surface area contributed by atoms with E-state index in [1.165, 1.54) is 5.56 Å². The van der Waals surface area contributed by atoms with Crippen molar-refractivity contribution in [2.24, 2.45) is 7.05 Å². The highest BCUT2D eigenvalue weighted by Gasteiger charge is 2.19. The zero-order valence-corrected chi connectivity index (χ0v) is 14.7. The van der Waals surface area contributed by atoms with Gasteiger partial charge in [-0.2, -0.15) is 0 Å². The van der Waals surface area contributed by atoms with Gasteiger partial charge in [-0.15, -0.1) is 0 Å². The van der Waals surface area contributed by atoms with Crippen LogP contribution < -0.4 is 5.32 Å². The molecule has 0 aliphatic rings. The molecule has 0 aliphatic carbocycles. The molecule has 0 saturated heterocycles. The van der Waals surface area contributed by atoms with Gasteiger partial charge in [0.15, 0.2) is 0 Å². The van der Waals surface area contributed by atoms with Gasteiger partial charge in [-0.3, -0.25) is 9.69 Å². The minimum atomic E-state index is -0.104. The Balaban J connectivity index is 2.12. The van der Waals surface area contributed by atoms with Crippen molar-refractivity contribution in [1.82, 2.24) is 14.8 Å². The Hall–Kier alpha value is -1.78. The van der Waals surface area contributed by atoms with Crippen molar-refractivity contribution in [3.63, 3.8) is 0 Å². The summed E-state index contributed by atoms with van der Waals surface area (Å²) in [6.07, 6.45) is 1.73. The summed E-state index contributed by atoms with van der Waals surface area (Å²) in [6.45, 7) is 6.70. The molecule has 1 aromatic heterocycles. The van der Waals surface area contributed by atoms with E-state index >= 15 is 0 Å². The molecule has 1 heterocycles. The zero-order chi connectivity index (χ0) is 16.8. The molecule has 4 nitrogen and oxygen atoms in total. The normalized spacial score (nSPS) is 12.4. The maximum atomic E-state index is 12.4. The summed E-state index contributed by atoms with van der Waals surface area (Å²) in [7, 11) is 1.82. The number of aromatic nitrogens is 1. The third-order valence-corrected chi connectivity index (χ3v) is 4.30. The number of amides is 1. The molecule has 124 valence electrons. The van der Waals surface area contributed by atoms with Gasteiger partial charge < -0.3 is 9.88 Å². The SMILES string of the molecule is CCN(CC)C(CNC(=O)c1cc(Cl)cn1C)c1ccccc1. The number of carbonyl (C=O) groups excluding carboxylic acids is 1. The largest absolute Gasteiger partial charge is 0.349 e. The van der Waals surface area contributed by atoms with Crippen molar-refractivity contribution in [2.75, 3.05) is 19.6 Å². The van der Waals surface area contributed by atoms with Crippen LogP contribution in [0.2, 0.25) is 5.02 Å². The molecule has 0 saturated carbocycles. The topological polar surface area (TPSA) is 37.3 Å². The third kappa shape index (κ3) is 4.36. The Kier molecular flexibility index (Phi) is 6.25. The number of hydrogen-bond acceptors (Lipinski definition) is 2. The average Bonchev–Trinajstić information content (AvgIpc) is 2.90. The van der Waals surface area contributed by atoms with Crippen LogP contribution in [0.15, 0.2) is 42.6 Å². The predicted octanol–water partition coefficient (Wildman–Crippen LogP) is 3.49. The number of nitrogens with zero attached hydrogens (tertiary/aromatic N) is 2. The monoisotopic (exact) mass is 333 g/mol. The number of benzene rings is 1. The van der Waals surface area contributed by atoms with Crippen molar-refractivity contribution in [1.29, 1.82) is 0 Å². The zero-order valence-electron chi connectivity index (χ0n) is 13.9. The molecule has 1 atom stereocenters. The molecular formula is C18H24ClN3O. The highest BCUT2D eigenvalue weighted by atomic mass is 35.5. The molecule has 23 heavy (non-hydrogen) atoms. The van der Waals surface area contributed by atoms with Gasteiger partial charge >= 0.3 is 0 Å². The Bertz CT molecular complexity index is 635. The standard InChI is InChI=1S/C18H24ClN3O/c1-4-22(5-2)17(14-9-7-6-8-10-14)12-20-18(23)16-11-15(19)13-21(16)3/h6-11,13,17H,4-5,12H2,1-3H3,(H,20,23). The highest BCUT2D eigenvalue weighted by molar-refractivity contribution is 6.31. The molecule has 1 unspecified atom stereocenters. The van der Waals surface area contributed by atoms with E-state index in [9.17, 15) is 4.79 Å². The summed E-state index contributed by atoms with van der Waals surface area (Å²) >= 11 is 5.95. The summed E-state index contributed by atoms with van der Waals surface area (Å²) < 4.78 is 1.74. The fourth-order valence-corrected chi connectivity index (χ4v) is 3.08. The molecule has 5 heteroatoms. The molecule has 1 aromatic carbocycles. The number of nitrogens with one attached hydrogen (secondary N) is 1. The number of hydrogen-bond donors (Lipinski definition) is 1. The quantitative estimate of drug-likeness (QED) is 0.842. The van der Waals surface area contributed by atoms with Crippen LogP contribution in [-0.2, 0) is 7.05 Å². The van der Waals surface area contributed by atoms with E-state index in [0.717, 1.165) is 13.1 Å². The van der Waals surface area contributed by atoms with Crippen LogP contribution in [0, 0.1) is 0 Å². The van der Waals surface area contributed by atoms with E-state index in [2.05, 4.69) is 36.2 Å². The van der Waals surface area contributed by atoms with Crippen molar-refractivity contribution < 1.29 is 4.79 Å². The first-order chi connectivity index (χ1) is 11.1. The molecule has 2 aromatic rings. The van der Waals surface area contributed by atoms with Crippen LogP contribution in [0.1, 0.15) is 35.9 Å². The maximum absolute atomic E-state index is 12.4. The Morgan fingerprint density at radius 2 is 1.91 bits per heavy atom. The lowest BCUT2D eigenvalue weighted by molar-refractivity contribution is 0.0927. The summed E-state index contributed by atoms with van der Waals surface area (Å²) in [5.41, 5.74) is 1.78. The predicted molar refractivity (Wildman–Crippen MR) is 94.9 cm³/mol. The molecule has 0 aliphatic heterocycles. The number of carbonyl (C=O) groups is 1. The fraction of sp³-hybridized carbons (Fsp3) is 0.389. The van der Waals surface area contributed by atoms with Crippen molar-refractivity contribution in [2.45, 2.75) is 19.9 Å². The third-order valence-electron chi connectivity index (χ3n) is 4.10. The second-order valence-electron chi connectivity index (χ2n) is 5.51. The second-order valence-corrected chi connectivity index (χ2v) is 5.95. The first kappa shape index (κ1) is 17.6. The van der Waals surface area contributed by atoms with Gasteiger partial charge in [0, 0.05) is 19.8 Å². The lowest BCUT2D eigenvalue weighted by Crippen LogP contribution is -2.38. The van der Waals surface area contributed by atoms with Crippen molar-refractivity contribution in [3.05, 3.63) is 58.9 Å². The molecule has 0 spiro atoms. The van der Waals surface area contributed by atoms with Crippen molar-refractivity contribution >= 4 is 17.5 Å². The average molecular weight is 334 g/mol. The van der Waals surface area contributed by atoms with E-state index in [1.807, 2.05) is 25.2 Å². The lowest BCUT2D eigenvalue weighted by atomic mass is 10.1. The van der Waals surface area contributed by atoms with Gasteiger partial charge in [0.05, 0.1) is 11.1 Å². The van der Waals surface area contributed by atoms with E-state index in [-0.39, 0.29) is 11.9 Å². The number of aryl methyl sites for hydroxylation is 1. The minimum absolute atomic E-state index is 0.104. The van der Waals surface area contributed by atoms with Crippen molar-refractivity contribution in [3.8, 4) is 0 Å². The minimum Gasteiger partial charge on any atom is -0.349 e. The summed E-state index contributed by atoms with van der Waals surface area (Å²) in [6, 6.07) is 12.1. The van der Waals surface area contributed by atoms with Crippen LogP contribution in [0.25, 0.3) is 0 Å². The van der Waals surface area contributed by atoms with Crippen LogP contribution in [0.5, 0.6) is 0 Å². The molecule has 1 N–H and O–H groups in total.